The van der Waals surface area contributed by atoms with E-state index in [0.717, 1.165) is 16.0 Å². The van der Waals surface area contributed by atoms with Crippen LogP contribution in [0, 0.1) is 6.92 Å². The van der Waals surface area contributed by atoms with Crippen molar-refractivity contribution < 1.29 is 4.79 Å². The number of carbonyl (C=O) groups excluding carboxylic acids is 1. The molecule has 0 atom stereocenters. The second kappa shape index (κ2) is 5.76. The number of allylic oxidation sites excluding steroid dienone is 1. The van der Waals surface area contributed by atoms with Crippen molar-refractivity contribution in [1.82, 2.24) is 5.01 Å². The summed E-state index contributed by atoms with van der Waals surface area (Å²) in [6.07, 6.45) is 0. The monoisotopic (exact) mass is 296 g/mol. The number of hydrogen-bond acceptors (Lipinski definition) is 4. The van der Waals surface area contributed by atoms with E-state index in [2.05, 4.69) is 0 Å². The summed E-state index contributed by atoms with van der Waals surface area (Å²) < 4.78 is 0. The summed E-state index contributed by atoms with van der Waals surface area (Å²) in [6, 6.07) is 17.5. The summed E-state index contributed by atoms with van der Waals surface area (Å²) in [5, 5.41) is 1.54. The van der Waals surface area contributed by atoms with Crippen molar-refractivity contribution in [1.29, 1.82) is 0 Å². The number of nitrogens with two attached hydrogens (primary N) is 1. The van der Waals surface area contributed by atoms with E-state index in [9.17, 15) is 4.79 Å². The van der Waals surface area contributed by atoms with Crippen molar-refractivity contribution in [2.75, 3.05) is 5.88 Å². The van der Waals surface area contributed by atoms with Crippen LogP contribution in [0.3, 0.4) is 0 Å². The van der Waals surface area contributed by atoms with Crippen molar-refractivity contribution in [2.45, 2.75) is 6.92 Å². The van der Waals surface area contributed by atoms with Crippen LogP contribution in [0.4, 0.5) is 0 Å². The van der Waals surface area contributed by atoms with Crippen LogP contribution < -0.4 is 5.84 Å². The fourth-order valence-electron chi connectivity index (χ4n) is 2.28. The van der Waals surface area contributed by atoms with E-state index >= 15 is 0 Å². The summed E-state index contributed by atoms with van der Waals surface area (Å²) in [5.74, 6) is 6.58. The first-order chi connectivity index (χ1) is 10.2. The first kappa shape index (κ1) is 13.9. The number of thioether (sulfide) groups is 1. The number of ketones is 1. The zero-order valence-electron chi connectivity index (χ0n) is 11.7. The van der Waals surface area contributed by atoms with Gasteiger partial charge in [-0.1, -0.05) is 71.9 Å². The van der Waals surface area contributed by atoms with E-state index in [1.54, 1.807) is 11.8 Å². The number of nitrogens with zero attached hydrogens (tertiary/aromatic N) is 1. The number of carbonyl (C=O) groups is 1. The van der Waals surface area contributed by atoms with E-state index in [-0.39, 0.29) is 5.78 Å². The van der Waals surface area contributed by atoms with Gasteiger partial charge in [0.2, 0.25) is 5.78 Å². The van der Waals surface area contributed by atoms with Gasteiger partial charge in [0.15, 0.2) is 0 Å². The van der Waals surface area contributed by atoms with Crippen molar-refractivity contribution in [3.8, 4) is 0 Å². The molecule has 0 saturated carbocycles. The Labute approximate surface area is 128 Å². The number of hydrazine groups is 1. The second-order valence-corrected chi connectivity index (χ2v) is 5.94. The minimum absolute atomic E-state index is 0.0265. The number of hydrogen-bond donors (Lipinski definition) is 1. The average molecular weight is 296 g/mol. The maximum absolute atomic E-state index is 12.8. The van der Waals surface area contributed by atoms with Gasteiger partial charge in [0.05, 0.1) is 5.88 Å². The normalized spacial score (nSPS) is 14.7. The molecule has 2 aromatic carbocycles. The molecule has 0 aliphatic carbocycles. The molecule has 1 aliphatic heterocycles. The van der Waals surface area contributed by atoms with Crippen LogP contribution in [0.5, 0.6) is 0 Å². The molecule has 0 saturated heterocycles. The predicted molar refractivity (Wildman–Crippen MR) is 87.4 cm³/mol. The van der Waals surface area contributed by atoms with E-state index in [1.165, 1.54) is 5.01 Å². The lowest BCUT2D eigenvalue weighted by molar-refractivity contribution is 0.1000. The molecule has 1 aliphatic rings. The topological polar surface area (TPSA) is 46.3 Å². The third-order valence-corrected chi connectivity index (χ3v) is 4.54. The highest BCUT2D eigenvalue weighted by atomic mass is 32.2. The van der Waals surface area contributed by atoms with Gasteiger partial charge in [-0.05, 0) is 12.5 Å². The predicted octanol–water partition coefficient (Wildman–Crippen LogP) is 3.43. The van der Waals surface area contributed by atoms with E-state index in [0.29, 0.717) is 17.1 Å². The molecule has 106 valence electrons. The molecule has 0 radical (unpaired) electrons. The Bertz CT molecular complexity index is 692. The van der Waals surface area contributed by atoms with Crippen molar-refractivity contribution in [3.63, 3.8) is 0 Å². The van der Waals surface area contributed by atoms with Crippen LogP contribution in [-0.4, -0.2) is 16.7 Å². The summed E-state index contributed by atoms with van der Waals surface area (Å²) in [5.41, 5.74) is 3.41. The zero-order valence-corrected chi connectivity index (χ0v) is 12.6. The van der Waals surface area contributed by atoms with Gasteiger partial charge in [-0.15, -0.1) is 0 Å². The van der Waals surface area contributed by atoms with Gasteiger partial charge in [-0.2, -0.15) is 0 Å². The molecular formula is C17H16N2OS. The lowest BCUT2D eigenvalue weighted by Gasteiger charge is -2.14. The average Bonchev–Trinajstić information content (AvgIpc) is 2.90. The van der Waals surface area contributed by atoms with Gasteiger partial charge in [0, 0.05) is 10.5 Å². The molecule has 3 rings (SSSR count). The third-order valence-electron chi connectivity index (χ3n) is 3.42. The highest BCUT2D eigenvalue weighted by molar-refractivity contribution is 8.08. The number of aryl methyl sites for hydroxylation is 1. The van der Waals surface area contributed by atoms with E-state index < -0.39 is 0 Å². The zero-order chi connectivity index (χ0) is 14.8. The molecule has 0 amide bonds. The molecule has 21 heavy (non-hydrogen) atoms. The van der Waals surface area contributed by atoms with Crippen LogP contribution in [-0.2, 0) is 0 Å². The number of benzene rings is 2. The molecular weight excluding hydrogens is 280 g/mol. The van der Waals surface area contributed by atoms with Crippen molar-refractivity contribution >= 4 is 22.5 Å². The lowest BCUT2D eigenvalue weighted by atomic mass is 10.0. The van der Waals surface area contributed by atoms with Crippen LogP contribution in [0.25, 0.3) is 4.91 Å². The molecule has 1 heterocycles. The maximum Gasteiger partial charge on any atom is 0.211 e. The highest BCUT2D eigenvalue weighted by Gasteiger charge is 2.28. The maximum atomic E-state index is 12.8. The minimum atomic E-state index is -0.0265. The highest BCUT2D eigenvalue weighted by Crippen LogP contribution is 2.38. The largest absolute Gasteiger partial charge is 0.296 e. The van der Waals surface area contributed by atoms with Gasteiger partial charge in [0.1, 0.15) is 5.70 Å². The smallest absolute Gasteiger partial charge is 0.211 e. The standard InChI is InChI=1S/C17H16N2OS/c1-12-7-9-13(10-8-12)16(20)15-17(21-11-19(15)18)14-5-3-2-4-6-14/h2-10H,11,18H2,1H3. The molecule has 2 N–H and O–H groups in total. The van der Waals surface area contributed by atoms with Crippen LogP contribution >= 0.6 is 11.8 Å². The van der Waals surface area contributed by atoms with Gasteiger partial charge in [-0.25, -0.2) is 5.84 Å². The third kappa shape index (κ3) is 2.73. The Balaban J connectivity index is 2.04. The van der Waals surface area contributed by atoms with E-state index in [4.69, 9.17) is 5.84 Å². The van der Waals surface area contributed by atoms with Gasteiger partial charge in [-0.3, -0.25) is 9.80 Å². The number of Topliss-reactive ketones (excluding diaryl/α,β-unsaturated/α-hetero) is 1. The summed E-state index contributed by atoms with van der Waals surface area (Å²) in [7, 11) is 0. The Kier molecular flexibility index (Phi) is 3.82. The minimum Gasteiger partial charge on any atom is -0.296 e. The summed E-state index contributed by atoms with van der Waals surface area (Å²) in [4.78, 5) is 13.7. The quantitative estimate of drug-likeness (QED) is 0.696. The van der Waals surface area contributed by atoms with Crippen molar-refractivity contribution in [2.24, 2.45) is 5.84 Å². The summed E-state index contributed by atoms with van der Waals surface area (Å²) in [6.45, 7) is 2.00. The molecule has 3 nitrogen and oxygen atoms in total. The SMILES string of the molecule is Cc1ccc(C(=O)C2=C(c3ccccc3)SCN2N)cc1. The Morgan fingerprint density at radius 2 is 1.76 bits per heavy atom. The molecule has 2 aromatic rings. The van der Waals surface area contributed by atoms with Gasteiger partial charge < -0.3 is 0 Å². The molecule has 0 unspecified atom stereocenters. The Morgan fingerprint density at radius 1 is 1.10 bits per heavy atom. The summed E-state index contributed by atoms with van der Waals surface area (Å²) >= 11 is 1.60. The fourth-order valence-corrected chi connectivity index (χ4v) is 3.33. The molecule has 4 heteroatoms. The lowest BCUT2D eigenvalue weighted by Crippen LogP contribution is -2.30. The first-order valence-electron chi connectivity index (χ1n) is 6.73. The fraction of sp³-hybridized carbons (Fsp3) is 0.118. The molecule has 0 bridgehead atoms. The van der Waals surface area contributed by atoms with Crippen LogP contribution in [0.15, 0.2) is 60.3 Å². The van der Waals surface area contributed by atoms with Gasteiger partial charge >= 0.3 is 0 Å². The molecule has 0 fully saturated rings. The number of rotatable bonds is 3. The van der Waals surface area contributed by atoms with Crippen LogP contribution in [0.2, 0.25) is 0 Å². The second-order valence-electron chi connectivity index (χ2n) is 4.98. The van der Waals surface area contributed by atoms with Crippen molar-refractivity contribution in [3.05, 3.63) is 77.0 Å². The Hall–Kier alpha value is -2.04. The first-order valence-corrected chi connectivity index (χ1v) is 7.71. The molecule has 0 aromatic heterocycles. The van der Waals surface area contributed by atoms with E-state index in [1.807, 2.05) is 61.5 Å². The Morgan fingerprint density at radius 3 is 2.43 bits per heavy atom. The molecule has 0 spiro atoms. The van der Waals surface area contributed by atoms with Crippen LogP contribution in [0.1, 0.15) is 21.5 Å². The van der Waals surface area contributed by atoms with Gasteiger partial charge in [0.25, 0.3) is 0 Å².